The Morgan fingerprint density at radius 2 is 1.85 bits per heavy atom. The van der Waals surface area contributed by atoms with Gasteiger partial charge in [0.1, 0.15) is 11.4 Å². The maximum absolute atomic E-state index is 15.6. The smallest absolute Gasteiger partial charge is 0.423 e. The van der Waals surface area contributed by atoms with Crippen molar-refractivity contribution in [1.82, 2.24) is 24.3 Å². The molecule has 0 spiro atoms. The number of aryl methyl sites for hydroxylation is 1. The van der Waals surface area contributed by atoms with Crippen molar-refractivity contribution in [3.05, 3.63) is 74.6 Å². The van der Waals surface area contributed by atoms with E-state index in [0.717, 1.165) is 19.7 Å². The second-order valence-corrected chi connectivity index (χ2v) is 10.3. The molecular weight excluding hydrogens is 544 g/mol. The summed E-state index contributed by atoms with van der Waals surface area (Å²) in [5, 5.41) is 6.97. The number of aromatic nitrogens is 5. The third kappa shape index (κ3) is 5.52. The van der Waals surface area contributed by atoms with Crippen LogP contribution in [0.15, 0.2) is 46.5 Å². The lowest BCUT2D eigenvalue weighted by molar-refractivity contribution is -0.138. The van der Waals surface area contributed by atoms with Gasteiger partial charge in [0.25, 0.3) is 11.1 Å². The van der Waals surface area contributed by atoms with E-state index in [0.29, 0.717) is 46.5 Å². The Bertz CT molecular complexity index is 1720. The molecule has 1 fully saturated rings. The van der Waals surface area contributed by atoms with Crippen LogP contribution in [0.1, 0.15) is 36.8 Å². The van der Waals surface area contributed by atoms with Gasteiger partial charge in [-0.05, 0) is 55.2 Å². The molecule has 1 aliphatic rings. The minimum Gasteiger partial charge on any atom is -0.494 e. The van der Waals surface area contributed by atoms with E-state index in [1.807, 2.05) is 0 Å². The second kappa shape index (κ2) is 10.9. The highest BCUT2D eigenvalue weighted by molar-refractivity contribution is 5.88. The summed E-state index contributed by atoms with van der Waals surface area (Å²) in [5.74, 6) is 0.0500. The minimum atomic E-state index is -4.84. The molecule has 41 heavy (non-hydrogen) atoms. The van der Waals surface area contributed by atoms with Crippen LogP contribution in [0, 0.1) is 18.7 Å². The molecule has 5 rings (SSSR count). The fraction of sp³-hybridized carbons (Fsp3) is 0.393. The molecule has 9 nitrogen and oxygen atoms in total. The minimum absolute atomic E-state index is 0.0474. The van der Waals surface area contributed by atoms with E-state index in [1.54, 1.807) is 25.3 Å². The average molecular weight is 573 g/mol. The molecule has 0 bridgehead atoms. The number of halogens is 4. The molecule has 4 aromatic rings. The number of benzene rings is 1. The Morgan fingerprint density at radius 1 is 1.12 bits per heavy atom. The van der Waals surface area contributed by atoms with Gasteiger partial charge >= 0.3 is 6.18 Å². The molecule has 1 saturated carbocycles. The molecule has 0 radical (unpaired) electrons. The number of rotatable bonds is 6. The SMILES string of the molecule is COc1cnc(-c2cc3ccn(C[C@@H]4CCC[C@H](Nc5cnn(C)c(=O)c5C(F)(F)F)C4)c(=O)c3c(F)c2C)nc1. The Hall–Kier alpha value is -4.29. The first kappa shape index (κ1) is 28.2. The molecule has 1 N–H and O–H groups in total. The highest BCUT2D eigenvalue weighted by Gasteiger charge is 2.38. The van der Waals surface area contributed by atoms with E-state index < -0.39 is 28.7 Å². The van der Waals surface area contributed by atoms with E-state index in [1.165, 1.54) is 24.1 Å². The summed E-state index contributed by atoms with van der Waals surface area (Å²) >= 11 is 0. The third-order valence-electron chi connectivity index (χ3n) is 7.57. The van der Waals surface area contributed by atoms with Crippen molar-refractivity contribution in [2.24, 2.45) is 13.0 Å². The number of hydrogen-bond donors (Lipinski definition) is 1. The first-order valence-electron chi connectivity index (χ1n) is 13.1. The van der Waals surface area contributed by atoms with E-state index in [4.69, 9.17) is 4.74 Å². The van der Waals surface area contributed by atoms with E-state index >= 15 is 4.39 Å². The number of nitrogens with zero attached hydrogens (tertiary/aromatic N) is 5. The van der Waals surface area contributed by atoms with Gasteiger partial charge in [0.2, 0.25) is 0 Å². The monoisotopic (exact) mass is 572 g/mol. The largest absolute Gasteiger partial charge is 0.494 e. The van der Waals surface area contributed by atoms with Crippen molar-refractivity contribution in [3.63, 3.8) is 0 Å². The van der Waals surface area contributed by atoms with Crippen LogP contribution in [0.2, 0.25) is 0 Å². The Kier molecular flexibility index (Phi) is 7.54. The van der Waals surface area contributed by atoms with Crippen LogP contribution < -0.4 is 21.2 Å². The van der Waals surface area contributed by atoms with Gasteiger partial charge in [0.05, 0.1) is 36.8 Å². The van der Waals surface area contributed by atoms with Crippen LogP contribution in [0.5, 0.6) is 5.75 Å². The fourth-order valence-electron chi connectivity index (χ4n) is 5.44. The quantitative estimate of drug-likeness (QED) is 0.334. The van der Waals surface area contributed by atoms with E-state index in [-0.39, 0.29) is 35.1 Å². The summed E-state index contributed by atoms with van der Waals surface area (Å²) in [6.45, 7) is 1.84. The molecule has 0 saturated heterocycles. The summed E-state index contributed by atoms with van der Waals surface area (Å²) in [7, 11) is 2.65. The maximum atomic E-state index is 15.6. The molecule has 3 heterocycles. The van der Waals surface area contributed by atoms with Crippen LogP contribution in [0.25, 0.3) is 22.2 Å². The number of methoxy groups -OCH3 is 1. The van der Waals surface area contributed by atoms with Gasteiger partial charge in [-0.15, -0.1) is 0 Å². The Morgan fingerprint density at radius 3 is 2.54 bits per heavy atom. The molecule has 0 amide bonds. The number of hydrogen-bond acceptors (Lipinski definition) is 7. The molecule has 216 valence electrons. The maximum Gasteiger partial charge on any atom is 0.423 e. The summed E-state index contributed by atoms with van der Waals surface area (Å²) < 4.78 is 63.6. The number of nitrogens with one attached hydrogen (secondary N) is 1. The van der Waals surface area contributed by atoms with E-state index in [9.17, 15) is 22.8 Å². The van der Waals surface area contributed by atoms with E-state index in [2.05, 4.69) is 20.4 Å². The molecule has 1 aromatic carbocycles. The van der Waals surface area contributed by atoms with Crippen LogP contribution in [0.4, 0.5) is 23.2 Å². The zero-order valence-corrected chi connectivity index (χ0v) is 22.6. The van der Waals surface area contributed by atoms with Crippen molar-refractivity contribution in [3.8, 4) is 17.1 Å². The van der Waals surface area contributed by atoms with Crippen molar-refractivity contribution < 1.29 is 22.3 Å². The highest BCUT2D eigenvalue weighted by Crippen LogP contribution is 2.34. The predicted molar refractivity (Wildman–Crippen MR) is 144 cm³/mol. The van der Waals surface area contributed by atoms with Crippen molar-refractivity contribution in [2.75, 3.05) is 12.4 Å². The predicted octanol–water partition coefficient (Wildman–Crippen LogP) is 4.70. The zero-order chi connectivity index (χ0) is 29.5. The zero-order valence-electron chi connectivity index (χ0n) is 22.6. The van der Waals surface area contributed by atoms with Crippen molar-refractivity contribution in [2.45, 2.75) is 51.4 Å². The first-order chi connectivity index (χ1) is 19.5. The van der Waals surface area contributed by atoms with Gasteiger partial charge in [0, 0.05) is 31.4 Å². The van der Waals surface area contributed by atoms with Gasteiger partial charge in [-0.1, -0.05) is 6.42 Å². The van der Waals surface area contributed by atoms with Crippen LogP contribution in [0.3, 0.4) is 0 Å². The number of pyridine rings is 1. The van der Waals surface area contributed by atoms with Crippen LogP contribution in [-0.4, -0.2) is 37.5 Å². The molecule has 1 aliphatic carbocycles. The Labute approximate surface area is 231 Å². The number of alkyl halides is 3. The normalized spacial score (nSPS) is 17.5. The lowest BCUT2D eigenvalue weighted by atomic mass is 9.85. The third-order valence-corrected chi connectivity index (χ3v) is 7.57. The summed E-state index contributed by atoms with van der Waals surface area (Å²) in [5.41, 5.74) is -2.66. The highest BCUT2D eigenvalue weighted by atomic mass is 19.4. The van der Waals surface area contributed by atoms with Gasteiger partial charge in [-0.25, -0.2) is 19.0 Å². The molecular formula is C28H28F4N6O3. The average Bonchev–Trinajstić information content (AvgIpc) is 2.93. The first-order valence-corrected chi connectivity index (χ1v) is 13.1. The number of ether oxygens (including phenoxy) is 1. The van der Waals surface area contributed by atoms with Crippen molar-refractivity contribution >= 4 is 16.5 Å². The topological polar surface area (TPSA) is 104 Å². The molecule has 0 aliphatic heterocycles. The van der Waals surface area contributed by atoms with Gasteiger partial charge in [-0.2, -0.15) is 18.3 Å². The Balaban J connectivity index is 1.39. The van der Waals surface area contributed by atoms with Gasteiger partial charge in [0.15, 0.2) is 11.6 Å². The van der Waals surface area contributed by atoms with Crippen LogP contribution >= 0.6 is 0 Å². The van der Waals surface area contributed by atoms with Gasteiger partial charge < -0.3 is 14.6 Å². The lowest BCUT2D eigenvalue weighted by Crippen LogP contribution is -2.35. The van der Waals surface area contributed by atoms with Crippen LogP contribution in [-0.2, 0) is 19.8 Å². The van der Waals surface area contributed by atoms with Crippen molar-refractivity contribution in [1.29, 1.82) is 0 Å². The second-order valence-electron chi connectivity index (χ2n) is 10.3. The summed E-state index contributed by atoms with van der Waals surface area (Å²) in [6, 6.07) is 2.98. The standard InChI is InChI=1S/C28H28F4N6O3/c1-15-20(25-33-11-19(41-3)12-34-25)10-17-7-8-38(26(39)22(17)24(15)29)14-16-5-4-6-18(9-16)36-21-13-35-37(2)27(40)23(21)28(30,31)32/h7-8,10-13,16,18,36H,4-6,9,14H2,1-3H3/t16-,18+/m1/s1. The summed E-state index contributed by atoms with van der Waals surface area (Å²) in [4.78, 5) is 34.0. The molecule has 13 heteroatoms. The summed E-state index contributed by atoms with van der Waals surface area (Å²) in [6.07, 6.45) is 3.25. The molecule has 3 aromatic heterocycles. The van der Waals surface area contributed by atoms with Gasteiger partial charge in [-0.3, -0.25) is 9.59 Å². The lowest BCUT2D eigenvalue weighted by Gasteiger charge is -2.31. The fourth-order valence-corrected chi connectivity index (χ4v) is 5.44. The number of anilines is 1. The molecule has 2 atom stereocenters. The number of fused-ring (bicyclic) bond motifs is 1. The molecule has 0 unspecified atom stereocenters.